The van der Waals surface area contributed by atoms with Crippen LogP contribution in [0.5, 0.6) is 0 Å². The Labute approximate surface area is 706 Å². The van der Waals surface area contributed by atoms with Gasteiger partial charge >= 0.3 is 5.97 Å². The number of aliphatic carboxylic acids is 1. The van der Waals surface area contributed by atoms with Crippen LogP contribution in [0.15, 0.2) is 103 Å². The summed E-state index contributed by atoms with van der Waals surface area (Å²) in [5.74, 6) is -19.6. The van der Waals surface area contributed by atoms with Crippen molar-refractivity contribution in [3.05, 3.63) is 130 Å². The fraction of sp³-hybridized carbons (Fsp3) is 0.481. The largest absolute Gasteiger partial charge is 0.481 e. The van der Waals surface area contributed by atoms with Gasteiger partial charge in [0.2, 0.25) is 88.6 Å². The number of amides is 15. The number of aliphatic hydroxyl groups is 3. The summed E-state index contributed by atoms with van der Waals surface area (Å²) >= 11 is 13.5. The number of halogens is 2. The molecule has 0 radical (unpaired) electrons. The minimum atomic E-state index is -2.02. The molecule has 0 aliphatic carbocycles. The molecule has 0 spiro atoms. The number of carbonyl (C=O) groups excluding carboxylic acids is 15. The van der Waals surface area contributed by atoms with Crippen LogP contribution in [0.2, 0.25) is 10.0 Å². The summed E-state index contributed by atoms with van der Waals surface area (Å²) in [5.41, 5.74) is 13.7. The van der Waals surface area contributed by atoms with Crippen molar-refractivity contribution in [2.24, 2.45) is 17.4 Å². The Morgan fingerprint density at radius 3 is 1.57 bits per heavy atom. The van der Waals surface area contributed by atoms with Gasteiger partial charge in [-0.2, -0.15) is 0 Å². The number of rotatable bonds is 20. The highest BCUT2D eigenvalue weighted by atomic mass is 35.5. The van der Waals surface area contributed by atoms with Crippen molar-refractivity contribution < 1.29 is 97.1 Å². The number of hydrogen-bond acceptors (Lipinski definition) is 21. The predicted molar refractivity (Wildman–Crippen MR) is 441 cm³/mol. The van der Waals surface area contributed by atoms with Gasteiger partial charge in [0, 0.05) is 52.2 Å². The number of aliphatic hydroxyl groups excluding tert-OH is 3. The Hall–Kier alpha value is -11.5. The molecule has 2 aliphatic heterocycles. The molecule has 120 heavy (non-hydrogen) atoms. The van der Waals surface area contributed by atoms with E-state index in [1.54, 1.807) is 54.6 Å². The Kier molecular flexibility index (Phi) is 37.9. The van der Waals surface area contributed by atoms with E-state index in [4.69, 9.17) is 40.1 Å². The maximum absolute atomic E-state index is 15.1. The molecule has 2 fully saturated rings. The minimum Gasteiger partial charge on any atom is -0.481 e. The molecule has 2 heterocycles. The summed E-state index contributed by atoms with van der Waals surface area (Å²) in [6.07, 6.45) is -5.78. The first-order chi connectivity index (χ1) is 56.7. The molecule has 0 saturated carbocycles. The number of thioether (sulfide) groups is 1. The van der Waals surface area contributed by atoms with Crippen LogP contribution in [0, 0.1) is 11.3 Å². The Morgan fingerprint density at radius 2 is 1.02 bits per heavy atom. The number of primary amides is 1. The maximum Gasteiger partial charge on any atom is 0.305 e. The van der Waals surface area contributed by atoms with Gasteiger partial charge in [0.25, 0.3) is 0 Å². The molecule has 4 aromatic carbocycles. The number of carbonyl (C=O) groups is 16. The molecular weight excluding hydrogens is 1620 g/mol. The number of carboxylic acids is 1. The van der Waals surface area contributed by atoms with Crippen molar-refractivity contribution in [2.75, 3.05) is 51.8 Å². The Balaban J connectivity index is 1.42. The van der Waals surface area contributed by atoms with E-state index < -0.39 is 228 Å². The van der Waals surface area contributed by atoms with Crippen molar-refractivity contribution in [3.63, 3.8) is 0 Å². The van der Waals surface area contributed by atoms with E-state index in [9.17, 15) is 92.3 Å². The van der Waals surface area contributed by atoms with Crippen LogP contribution < -0.4 is 75.3 Å². The first-order valence-electron chi connectivity index (χ1n) is 38.6. The van der Waals surface area contributed by atoms with Crippen molar-refractivity contribution in [1.29, 1.82) is 5.41 Å². The second-order valence-electron chi connectivity index (χ2n) is 29.5. The molecular formula is C79H106Cl2N18O20S. The van der Waals surface area contributed by atoms with Gasteiger partial charge in [-0.25, -0.2) is 0 Å². The topological polar surface area (TPSA) is 584 Å². The van der Waals surface area contributed by atoms with Crippen LogP contribution in [0.3, 0.4) is 0 Å². The van der Waals surface area contributed by atoms with Gasteiger partial charge in [-0.05, 0) is 99.2 Å². The first kappa shape index (κ1) is 97.3. The molecule has 0 bridgehead atoms. The third-order valence-corrected chi connectivity index (χ3v) is 21.7. The van der Waals surface area contributed by atoms with Gasteiger partial charge in [0.1, 0.15) is 78.5 Å². The SMILES string of the molecule is CC(C)[C@@H]1NC(=O)C(Cc2ccccc2)NC(=O)CSC[C@@H](C(=O)NCC(N)=O)NC(=O)[C@@H]2CCCN2C(=O)[C@H](CCCNC(=N)N)NC(=O)[C@H](CC(=O)O)NC(=O)[C@H](C)N(C)C(=O)[C@H](Cc2ccc(Cl)c(Cl)c2)NC(=O)[C@H](C)N(C)C(=O)[C@H](Cc2ccc(-c3ccccc3)cc2)NC(=O)[C@H]([C@@H](C)O)NC(=O)[C@H]([C@@H](C)O)NC(=O)[C@H](CO)NC1=O. The molecule has 6 rings (SSSR count). The average Bonchev–Trinajstić information content (AvgIpc) is 1.73. The number of likely N-dealkylation sites (N-methyl/N-ethyl adjacent to an activating group) is 2. The molecule has 15 amide bonds. The number of fused-ring (bicyclic) bond motifs is 1. The summed E-state index contributed by atoms with van der Waals surface area (Å²) in [7, 11) is 2.35. The minimum absolute atomic E-state index is 0.0106. The Bertz CT molecular complexity index is 4350. The van der Waals surface area contributed by atoms with Crippen LogP contribution in [-0.2, 0) is 96.0 Å². The zero-order valence-corrected chi connectivity index (χ0v) is 69.8. The highest BCUT2D eigenvalue weighted by Gasteiger charge is 2.43. The summed E-state index contributed by atoms with van der Waals surface area (Å²) in [4.78, 5) is 231. The number of guanidine groups is 1. The fourth-order valence-electron chi connectivity index (χ4n) is 12.9. The second kappa shape index (κ2) is 46.7. The van der Waals surface area contributed by atoms with Crippen LogP contribution in [0.1, 0.15) is 90.3 Å². The van der Waals surface area contributed by atoms with Gasteiger partial charge in [-0.3, -0.25) is 82.1 Å². The molecule has 0 aromatic heterocycles. The summed E-state index contributed by atoms with van der Waals surface area (Å²) in [5, 5.41) is 80.5. The molecule has 21 N–H and O–H groups in total. The molecule has 41 heteroatoms. The lowest BCUT2D eigenvalue weighted by molar-refractivity contribution is -0.145. The standard InChI is InChI=1S/C79H106Cl2N18O20S/c1-40(2)63-73(114)92-57(37-100)71(112)95-65(44(6)102)75(116)96-64(43(5)101)74(115)91-55(33-46-23-26-49(27-24-46)48-19-13-10-14-20-48)76(117)98(8)42(4)67(108)90-56(34-47-25-28-50(80)51(81)31-47)77(118)97(7)41(3)66(107)89-54(35-62(105)106)69(110)88-52(21-15-29-85-79(83)84)78(119)99-30-16-22-59(99)72(113)93-58(68(109)86-36-60(82)103)38-120-39-61(104)87-53(70(111)94-63)32-45-17-11-9-12-18-45/h9-14,17-20,23-28,31,40-44,52-59,63-65,100-102H,15-16,21-22,29-30,32-39H2,1-8H3,(H2,82,103)(H,86,109)(H,87,104)(H,88,110)(H,89,107)(H,90,108)(H,91,115)(H,92,114)(H,93,113)(H,94,111)(H,95,112)(H,96,116)(H,105,106)(H4,83,84,85)/t41-,42-,43+,44+,52-,53?,54-,55-,56-,57-,58-,59-,63-,64-,65-/m0/s1. The van der Waals surface area contributed by atoms with Crippen LogP contribution in [-0.4, -0.2) is 278 Å². The zero-order chi connectivity index (χ0) is 88.9. The van der Waals surface area contributed by atoms with E-state index >= 15 is 4.79 Å². The monoisotopic (exact) mass is 1730 g/mol. The fourth-order valence-corrected chi connectivity index (χ4v) is 14.1. The van der Waals surface area contributed by atoms with E-state index in [1.807, 2.05) is 30.3 Å². The van der Waals surface area contributed by atoms with Gasteiger partial charge in [0.05, 0.1) is 47.6 Å². The molecule has 652 valence electrons. The molecule has 2 saturated heterocycles. The quantitative estimate of drug-likeness (QED) is 0.0234. The number of nitrogens with zero attached hydrogens (tertiary/aromatic N) is 3. The van der Waals surface area contributed by atoms with E-state index in [1.165, 1.54) is 52.9 Å². The second-order valence-corrected chi connectivity index (χ2v) is 31.3. The molecule has 2 aliphatic rings. The number of nitrogens with one attached hydrogen (secondary N) is 13. The maximum atomic E-state index is 15.1. The lowest BCUT2D eigenvalue weighted by Gasteiger charge is -2.33. The van der Waals surface area contributed by atoms with E-state index in [0.29, 0.717) is 16.7 Å². The van der Waals surface area contributed by atoms with Crippen molar-refractivity contribution in [1.82, 2.24) is 78.5 Å². The average molecular weight is 1730 g/mol. The van der Waals surface area contributed by atoms with Crippen molar-refractivity contribution in [2.45, 2.75) is 184 Å². The number of nitrogens with two attached hydrogens (primary N) is 2. The molecule has 4 aromatic rings. The lowest BCUT2D eigenvalue weighted by Crippen LogP contribution is -2.64. The third-order valence-electron chi connectivity index (χ3n) is 19.9. The van der Waals surface area contributed by atoms with Crippen molar-refractivity contribution in [3.8, 4) is 11.1 Å². The van der Waals surface area contributed by atoms with Gasteiger partial charge in [0.15, 0.2) is 5.96 Å². The first-order valence-corrected chi connectivity index (χ1v) is 40.5. The number of hydrogen-bond donors (Lipinski definition) is 19. The highest BCUT2D eigenvalue weighted by Crippen LogP contribution is 2.26. The van der Waals surface area contributed by atoms with Gasteiger partial charge in [-0.1, -0.05) is 128 Å². The van der Waals surface area contributed by atoms with Gasteiger partial charge < -0.3 is 110 Å². The number of benzene rings is 4. The van der Waals surface area contributed by atoms with E-state index in [0.717, 1.165) is 58.5 Å². The lowest BCUT2D eigenvalue weighted by atomic mass is 9.99. The van der Waals surface area contributed by atoms with E-state index in [2.05, 4.69) is 63.8 Å². The smallest absolute Gasteiger partial charge is 0.305 e. The third kappa shape index (κ3) is 29.2. The summed E-state index contributed by atoms with van der Waals surface area (Å²) < 4.78 is 0. The summed E-state index contributed by atoms with van der Waals surface area (Å²) in [6, 6.07) is 6.53. The Morgan fingerprint density at radius 1 is 0.542 bits per heavy atom. The van der Waals surface area contributed by atoms with Crippen LogP contribution in [0.4, 0.5) is 0 Å². The zero-order valence-electron chi connectivity index (χ0n) is 67.4. The van der Waals surface area contributed by atoms with Crippen molar-refractivity contribution >= 4 is 136 Å². The van der Waals surface area contributed by atoms with Gasteiger partial charge in [-0.15, -0.1) is 11.8 Å². The summed E-state index contributed by atoms with van der Waals surface area (Å²) in [6.45, 7) is 5.63. The number of carboxylic acid groups (broad SMARTS) is 1. The highest BCUT2D eigenvalue weighted by molar-refractivity contribution is 8.00. The van der Waals surface area contributed by atoms with Crippen LogP contribution >= 0.6 is 35.0 Å². The predicted octanol–water partition coefficient (Wildman–Crippen LogP) is -3.28. The normalized spacial score (nSPS) is 24.6. The van der Waals surface area contributed by atoms with E-state index in [-0.39, 0.29) is 68.1 Å². The molecule has 1 unspecified atom stereocenters. The molecule has 38 nitrogen and oxygen atoms in total. The van der Waals surface area contributed by atoms with Crippen LogP contribution in [0.25, 0.3) is 11.1 Å². The molecule has 15 atom stereocenters.